The average molecular weight is 395 g/mol. The van der Waals surface area contributed by atoms with Crippen LogP contribution >= 0.6 is 0 Å². The van der Waals surface area contributed by atoms with Gasteiger partial charge in [0.1, 0.15) is 0 Å². The summed E-state index contributed by atoms with van der Waals surface area (Å²) in [5.74, 6) is -0.345. The number of nitrogens with zero attached hydrogens (tertiary/aromatic N) is 2. The molecule has 1 aromatic carbocycles. The van der Waals surface area contributed by atoms with Gasteiger partial charge in [-0.05, 0) is 30.7 Å². The van der Waals surface area contributed by atoms with Gasteiger partial charge in [0.25, 0.3) is 15.9 Å². The second-order valence-electron chi connectivity index (χ2n) is 5.85. The molecular formula is C15H20F3N3O4S. The maximum absolute atomic E-state index is 12.5. The summed E-state index contributed by atoms with van der Waals surface area (Å²) >= 11 is 0. The molecule has 1 fully saturated rings. The van der Waals surface area contributed by atoms with Crippen molar-refractivity contribution in [2.45, 2.75) is 17.5 Å². The van der Waals surface area contributed by atoms with Crippen molar-refractivity contribution in [1.82, 2.24) is 14.7 Å². The molecule has 0 unspecified atom stereocenters. The van der Waals surface area contributed by atoms with E-state index in [2.05, 4.69) is 4.84 Å². The van der Waals surface area contributed by atoms with Gasteiger partial charge < -0.3 is 4.90 Å². The third kappa shape index (κ3) is 5.66. The van der Waals surface area contributed by atoms with E-state index in [1.54, 1.807) is 0 Å². The predicted molar refractivity (Wildman–Crippen MR) is 86.8 cm³/mol. The van der Waals surface area contributed by atoms with E-state index in [0.29, 0.717) is 13.0 Å². The minimum Gasteiger partial charge on any atom is -0.337 e. The molecule has 1 saturated heterocycles. The molecule has 1 N–H and O–H groups in total. The second kappa shape index (κ2) is 8.33. The fourth-order valence-electron chi connectivity index (χ4n) is 2.70. The van der Waals surface area contributed by atoms with Gasteiger partial charge in [-0.25, -0.2) is 8.42 Å². The van der Waals surface area contributed by atoms with Crippen LogP contribution in [-0.4, -0.2) is 70.1 Å². The van der Waals surface area contributed by atoms with Gasteiger partial charge in [-0.15, -0.1) is 0 Å². The lowest BCUT2D eigenvalue weighted by Crippen LogP contribution is -2.38. The summed E-state index contributed by atoms with van der Waals surface area (Å²) in [6, 6.07) is 5.26. The van der Waals surface area contributed by atoms with Crippen LogP contribution in [-0.2, 0) is 14.9 Å². The van der Waals surface area contributed by atoms with E-state index in [4.69, 9.17) is 0 Å². The highest BCUT2D eigenvalue weighted by molar-refractivity contribution is 7.89. The minimum atomic E-state index is -4.27. The highest BCUT2D eigenvalue weighted by Gasteiger charge is 2.32. The van der Waals surface area contributed by atoms with Crippen LogP contribution < -0.4 is 4.89 Å². The van der Waals surface area contributed by atoms with Crippen LogP contribution in [0.4, 0.5) is 13.2 Å². The predicted octanol–water partition coefficient (Wildman–Crippen LogP) is 1.24. The molecule has 0 aliphatic carbocycles. The van der Waals surface area contributed by atoms with E-state index in [9.17, 15) is 26.4 Å². The van der Waals surface area contributed by atoms with E-state index in [1.807, 2.05) is 4.89 Å². The first-order valence-electron chi connectivity index (χ1n) is 7.85. The Morgan fingerprint density at radius 1 is 1.15 bits per heavy atom. The Hall–Kier alpha value is -1.69. The normalized spacial score (nSPS) is 17.2. The molecule has 1 aliphatic rings. The number of benzene rings is 1. The van der Waals surface area contributed by atoms with Crippen LogP contribution in [0.2, 0.25) is 0 Å². The van der Waals surface area contributed by atoms with Gasteiger partial charge in [0.05, 0.1) is 18.6 Å². The summed E-state index contributed by atoms with van der Waals surface area (Å²) in [7, 11) is -2.65. The lowest BCUT2D eigenvalue weighted by molar-refractivity contribution is -0.145. The second-order valence-corrected chi connectivity index (χ2v) is 7.50. The number of nitrogens with one attached hydrogen (secondary N) is 1. The van der Waals surface area contributed by atoms with Crippen molar-refractivity contribution in [2.24, 2.45) is 0 Å². The number of rotatable bonds is 5. The zero-order valence-electron chi connectivity index (χ0n) is 14.1. The lowest BCUT2D eigenvalue weighted by atomic mass is 10.2. The van der Waals surface area contributed by atoms with Gasteiger partial charge in [0.15, 0.2) is 0 Å². The van der Waals surface area contributed by atoms with Gasteiger partial charge in [0, 0.05) is 31.7 Å². The Kier molecular flexibility index (Phi) is 6.61. The number of hydrogen-bond acceptors (Lipinski definition) is 5. The molecule has 0 radical (unpaired) electrons. The molecular weight excluding hydrogens is 375 g/mol. The summed E-state index contributed by atoms with van der Waals surface area (Å²) in [6.45, 7) is -0.0641. The number of carbonyl (C=O) groups excluding carboxylic acids is 1. The van der Waals surface area contributed by atoms with Crippen LogP contribution in [0.1, 0.15) is 16.8 Å². The van der Waals surface area contributed by atoms with Crippen LogP contribution in [0, 0.1) is 0 Å². The summed E-state index contributed by atoms with van der Waals surface area (Å²) in [4.78, 5) is 21.5. The van der Waals surface area contributed by atoms with Gasteiger partial charge in [0.2, 0.25) is 0 Å². The molecule has 0 aromatic heterocycles. The topological polar surface area (TPSA) is 78.9 Å². The van der Waals surface area contributed by atoms with E-state index in [1.165, 1.54) is 34.1 Å². The first-order valence-corrected chi connectivity index (χ1v) is 9.34. The molecule has 0 saturated carbocycles. The molecule has 1 amide bonds. The molecule has 1 aromatic rings. The zero-order chi connectivity index (χ0) is 19.4. The number of halogens is 3. The smallest absolute Gasteiger partial charge is 0.337 e. The van der Waals surface area contributed by atoms with Crippen molar-refractivity contribution in [1.29, 1.82) is 0 Å². The molecule has 1 aliphatic heterocycles. The Labute approximate surface area is 149 Å². The monoisotopic (exact) mass is 395 g/mol. The Morgan fingerprint density at radius 3 is 2.38 bits per heavy atom. The van der Waals surface area contributed by atoms with Crippen molar-refractivity contribution >= 4 is 15.9 Å². The van der Waals surface area contributed by atoms with Crippen molar-refractivity contribution in [2.75, 3.05) is 39.8 Å². The average Bonchev–Trinajstić information content (AvgIpc) is 2.78. The molecule has 146 valence electrons. The van der Waals surface area contributed by atoms with Crippen LogP contribution in [0.3, 0.4) is 0 Å². The fraction of sp³-hybridized carbons (Fsp3) is 0.533. The summed E-state index contributed by atoms with van der Waals surface area (Å²) in [5, 5.41) is 0. The van der Waals surface area contributed by atoms with Crippen LogP contribution in [0.15, 0.2) is 29.2 Å². The van der Waals surface area contributed by atoms with Crippen LogP contribution in [0.25, 0.3) is 0 Å². The third-order valence-corrected chi connectivity index (χ3v) is 5.16. The molecule has 0 spiro atoms. The Balaban J connectivity index is 2.03. The zero-order valence-corrected chi connectivity index (χ0v) is 14.9. The summed E-state index contributed by atoms with van der Waals surface area (Å²) in [5.41, 5.74) is 0.269. The number of amides is 1. The molecule has 1 heterocycles. The highest BCUT2D eigenvalue weighted by Crippen LogP contribution is 2.18. The van der Waals surface area contributed by atoms with Crippen molar-refractivity contribution in [3.05, 3.63) is 29.8 Å². The maximum atomic E-state index is 12.5. The first-order chi connectivity index (χ1) is 12.1. The SMILES string of the molecule is CONS(=O)(=O)c1ccc(C(=O)N2CCCN(CC(F)(F)F)CC2)cc1. The van der Waals surface area contributed by atoms with E-state index < -0.39 is 22.7 Å². The van der Waals surface area contributed by atoms with Crippen LogP contribution in [0.5, 0.6) is 0 Å². The van der Waals surface area contributed by atoms with Crippen molar-refractivity contribution in [3.8, 4) is 0 Å². The quantitative estimate of drug-likeness (QED) is 0.759. The molecule has 11 heteroatoms. The molecule has 7 nitrogen and oxygen atoms in total. The third-order valence-electron chi connectivity index (χ3n) is 3.88. The molecule has 0 atom stereocenters. The summed E-state index contributed by atoms with van der Waals surface area (Å²) < 4.78 is 61.1. The fourth-order valence-corrected chi connectivity index (χ4v) is 3.51. The molecule has 2 rings (SSSR count). The van der Waals surface area contributed by atoms with E-state index in [0.717, 1.165) is 7.11 Å². The molecule has 26 heavy (non-hydrogen) atoms. The summed E-state index contributed by atoms with van der Waals surface area (Å²) in [6.07, 6.45) is -3.83. The van der Waals surface area contributed by atoms with E-state index in [-0.39, 0.29) is 36.0 Å². The number of alkyl halides is 3. The first kappa shape index (κ1) is 20.6. The highest BCUT2D eigenvalue weighted by atomic mass is 32.2. The standard InChI is InChI=1S/C15H20F3N3O4S/c1-25-19-26(23,24)13-5-3-12(4-6-13)14(22)21-8-2-7-20(9-10-21)11-15(16,17)18/h3-6,19H,2,7-11H2,1H3. The number of sulfonamides is 1. The van der Waals surface area contributed by atoms with Crippen molar-refractivity contribution < 1.29 is 31.2 Å². The van der Waals surface area contributed by atoms with Gasteiger partial charge in [-0.3, -0.25) is 14.5 Å². The number of carbonyl (C=O) groups is 1. The molecule has 0 bridgehead atoms. The van der Waals surface area contributed by atoms with Gasteiger partial charge in [-0.2, -0.15) is 13.2 Å². The Morgan fingerprint density at radius 2 is 1.81 bits per heavy atom. The van der Waals surface area contributed by atoms with Crippen molar-refractivity contribution in [3.63, 3.8) is 0 Å². The van der Waals surface area contributed by atoms with Gasteiger partial charge >= 0.3 is 6.18 Å². The van der Waals surface area contributed by atoms with E-state index >= 15 is 0 Å². The maximum Gasteiger partial charge on any atom is 0.401 e. The minimum absolute atomic E-state index is 0.0666. The Bertz CT molecular complexity index is 723. The lowest BCUT2D eigenvalue weighted by Gasteiger charge is -2.23. The van der Waals surface area contributed by atoms with Gasteiger partial charge in [-0.1, -0.05) is 4.89 Å². The largest absolute Gasteiger partial charge is 0.401 e. The number of hydrogen-bond donors (Lipinski definition) is 1.